The van der Waals surface area contributed by atoms with Crippen molar-refractivity contribution in [2.45, 2.75) is 45.8 Å². The number of hydrogen-bond acceptors (Lipinski definition) is 4. The summed E-state index contributed by atoms with van der Waals surface area (Å²) in [7, 11) is 1.92. The van der Waals surface area contributed by atoms with E-state index < -0.39 is 6.09 Å². The summed E-state index contributed by atoms with van der Waals surface area (Å²) in [5, 5.41) is 13.0. The van der Waals surface area contributed by atoms with Gasteiger partial charge in [-0.2, -0.15) is 0 Å². The predicted octanol–water partition coefficient (Wildman–Crippen LogP) is 3.60. The van der Waals surface area contributed by atoms with Crippen molar-refractivity contribution >= 4 is 23.6 Å². The van der Waals surface area contributed by atoms with Crippen LogP contribution in [0.3, 0.4) is 0 Å². The minimum absolute atomic E-state index is 0.0372. The largest absolute Gasteiger partial charge is 0.465 e. The van der Waals surface area contributed by atoms with Crippen molar-refractivity contribution in [3.8, 4) is 11.1 Å². The highest BCUT2D eigenvalue weighted by atomic mass is 16.4. The van der Waals surface area contributed by atoms with E-state index >= 15 is 0 Å². The number of quaternary nitrogens is 1. The fraction of sp³-hybridized carbons (Fsp3) is 0.444. The molecule has 2 aromatic carbocycles. The molecule has 0 aliphatic carbocycles. The number of carboxylic acid groups (broad SMARTS) is 1. The molecule has 2 N–H and O–H groups in total. The zero-order valence-corrected chi connectivity index (χ0v) is 21.0. The van der Waals surface area contributed by atoms with Gasteiger partial charge in [0.2, 0.25) is 5.91 Å². The van der Waals surface area contributed by atoms with Gasteiger partial charge in [-0.3, -0.25) is 4.79 Å². The molecule has 1 saturated heterocycles. The minimum atomic E-state index is -0.952. The summed E-state index contributed by atoms with van der Waals surface area (Å²) < 4.78 is 0.154. The number of carbonyl (C=O) groups excluding carboxylic acids is 2. The number of piperazine rings is 1. The third-order valence-corrected chi connectivity index (χ3v) is 7.80. The Bertz CT molecular complexity index is 1130. The lowest BCUT2D eigenvalue weighted by Gasteiger charge is -2.45. The number of carbonyl (C=O) groups is 3. The first-order valence-corrected chi connectivity index (χ1v) is 12.3. The number of fused-ring (bicyclic) bond motifs is 1. The van der Waals surface area contributed by atoms with E-state index in [0.29, 0.717) is 32.6 Å². The van der Waals surface area contributed by atoms with Gasteiger partial charge in [0.15, 0.2) is 0 Å². The second-order valence-corrected chi connectivity index (χ2v) is 9.73. The quantitative estimate of drug-likeness (QED) is 0.640. The van der Waals surface area contributed by atoms with E-state index in [4.69, 9.17) is 0 Å². The van der Waals surface area contributed by atoms with E-state index in [-0.39, 0.29) is 28.4 Å². The Labute approximate surface area is 206 Å². The van der Waals surface area contributed by atoms with Crippen molar-refractivity contribution in [2.75, 3.05) is 33.2 Å². The smallest absolute Gasteiger partial charge is 0.407 e. The van der Waals surface area contributed by atoms with Gasteiger partial charge in [0.25, 0.3) is 0 Å². The molecule has 2 aliphatic rings. The molecular formula is C27H35N4O4+. The maximum Gasteiger partial charge on any atom is 0.407 e. The highest BCUT2D eigenvalue weighted by Gasteiger charge is 2.47. The maximum absolute atomic E-state index is 12.8. The van der Waals surface area contributed by atoms with Gasteiger partial charge in [0.1, 0.15) is 5.69 Å². The van der Waals surface area contributed by atoms with Crippen LogP contribution >= 0.6 is 0 Å². The Morgan fingerprint density at radius 1 is 1.17 bits per heavy atom. The first-order valence-electron chi connectivity index (χ1n) is 12.3. The topological polar surface area (TPSA) is 90.0 Å². The molecule has 3 amide bonds. The lowest BCUT2D eigenvalue weighted by Crippen LogP contribution is -2.60. The van der Waals surface area contributed by atoms with Gasteiger partial charge in [-0.05, 0) is 42.7 Å². The maximum atomic E-state index is 12.8. The van der Waals surface area contributed by atoms with Crippen molar-refractivity contribution in [1.29, 1.82) is 0 Å². The SMILES string of the molecule is CCN(C(=O)O)[C@@H]1C[C@H](C)[N+](C)(C(C)=O)c2ccc(-c3ccc(CN4CCNCC4=O)cc3)cc21. The Balaban J connectivity index is 1.70. The summed E-state index contributed by atoms with van der Waals surface area (Å²) in [5.41, 5.74) is 4.80. The van der Waals surface area contributed by atoms with Crippen LogP contribution in [0, 0.1) is 0 Å². The number of nitrogens with one attached hydrogen (secondary N) is 1. The second-order valence-electron chi connectivity index (χ2n) is 9.73. The van der Waals surface area contributed by atoms with E-state index in [1.165, 1.54) is 4.90 Å². The molecule has 1 unspecified atom stereocenters. The van der Waals surface area contributed by atoms with Gasteiger partial charge >= 0.3 is 12.0 Å². The number of nitrogens with zero attached hydrogens (tertiary/aromatic N) is 3. The fourth-order valence-electron chi connectivity index (χ4n) is 5.42. The summed E-state index contributed by atoms with van der Waals surface area (Å²) in [4.78, 5) is 40.2. The Hall–Kier alpha value is -3.23. The molecule has 3 atom stereocenters. The number of amides is 3. The zero-order valence-electron chi connectivity index (χ0n) is 21.0. The number of hydrogen-bond donors (Lipinski definition) is 2. The lowest BCUT2D eigenvalue weighted by atomic mass is 9.86. The zero-order chi connectivity index (χ0) is 25.3. The summed E-state index contributed by atoms with van der Waals surface area (Å²) in [6, 6.07) is 13.8. The summed E-state index contributed by atoms with van der Waals surface area (Å²) in [5.74, 6) is 0.149. The van der Waals surface area contributed by atoms with E-state index in [1.54, 1.807) is 6.92 Å². The molecule has 0 bridgehead atoms. The number of rotatable bonds is 5. The van der Waals surface area contributed by atoms with Gasteiger partial charge in [0, 0.05) is 44.2 Å². The normalized spacial score (nSPS) is 24.1. The monoisotopic (exact) mass is 479 g/mol. The van der Waals surface area contributed by atoms with Crippen LogP contribution < -0.4 is 9.80 Å². The highest BCUT2D eigenvalue weighted by molar-refractivity contribution is 5.89. The molecule has 0 aromatic heterocycles. The van der Waals surface area contributed by atoms with E-state index in [1.807, 2.05) is 68.3 Å². The van der Waals surface area contributed by atoms with Crippen molar-refractivity contribution in [1.82, 2.24) is 19.6 Å². The molecule has 4 rings (SSSR count). The fourth-order valence-corrected chi connectivity index (χ4v) is 5.42. The van der Waals surface area contributed by atoms with Crippen molar-refractivity contribution in [3.05, 3.63) is 53.6 Å². The van der Waals surface area contributed by atoms with Crippen molar-refractivity contribution < 1.29 is 19.5 Å². The minimum Gasteiger partial charge on any atom is -0.465 e. The van der Waals surface area contributed by atoms with Gasteiger partial charge in [-0.1, -0.05) is 24.3 Å². The number of benzene rings is 2. The second kappa shape index (κ2) is 9.79. The summed E-state index contributed by atoms with van der Waals surface area (Å²) in [6.45, 7) is 8.32. The van der Waals surface area contributed by atoms with E-state index in [0.717, 1.165) is 34.5 Å². The Kier molecular flexibility index (Phi) is 6.96. The molecule has 0 spiro atoms. The van der Waals surface area contributed by atoms with Crippen LogP contribution in [0.4, 0.5) is 10.5 Å². The molecule has 1 fully saturated rings. The molecule has 2 aromatic rings. The van der Waals surface area contributed by atoms with Crippen molar-refractivity contribution in [2.24, 2.45) is 0 Å². The predicted molar refractivity (Wildman–Crippen MR) is 136 cm³/mol. The Morgan fingerprint density at radius 3 is 2.46 bits per heavy atom. The van der Waals surface area contributed by atoms with Gasteiger partial charge in [-0.25, -0.2) is 14.1 Å². The lowest BCUT2D eigenvalue weighted by molar-refractivity contribution is -0.132. The van der Waals surface area contributed by atoms with E-state index in [9.17, 15) is 19.5 Å². The molecule has 8 heteroatoms. The van der Waals surface area contributed by atoms with Crippen LogP contribution in [-0.4, -0.2) is 72.1 Å². The van der Waals surface area contributed by atoms with Crippen LogP contribution in [0.5, 0.6) is 0 Å². The van der Waals surface area contributed by atoms with Gasteiger partial charge < -0.3 is 20.2 Å². The molecule has 8 nitrogen and oxygen atoms in total. The van der Waals surface area contributed by atoms with Crippen LogP contribution in [0.1, 0.15) is 44.4 Å². The van der Waals surface area contributed by atoms with Crippen molar-refractivity contribution in [3.63, 3.8) is 0 Å². The Morgan fingerprint density at radius 2 is 1.86 bits per heavy atom. The third-order valence-electron chi connectivity index (χ3n) is 7.80. The van der Waals surface area contributed by atoms with Crippen LogP contribution in [-0.2, 0) is 16.1 Å². The molecule has 0 radical (unpaired) electrons. The summed E-state index contributed by atoms with van der Waals surface area (Å²) in [6.07, 6.45) is -0.378. The van der Waals surface area contributed by atoms with Gasteiger partial charge in [0.05, 0.1) is 32.6 Å². The highest BCUT2D eigenvalue weighted by Crippen LogP contribution is 2.45. The first kappa shape index (κ1) is 24.9. The standard InChI is InChI=1S/C27H34N4O4/c1-5-30(27(34)35)24-14-18(2)31(4,19(3)32)25-11-10-22(15-23(24)25)21-8-6-20(7-9-21)17-29-13-12-28-16-26(29)33/h6-11,15,18,24,28H,5,12-14,16-17H2,1-4H3/p+1/t18-,24+,31?/m0/s1. The average molecular weight is 480 g/mol. The van der Waals surface area contributed by atoms with Gasteiger partial charge in [-0.15, -0.1) is 0 Å². The molecule has 35 heavy (non-hydrogen) atoms. The first-order chi connectivity index (χ1) is 16.7. The van der Waals surface area contributed by atoms with E-state index in [2.05, 4.69) is 5.32 Å². The molecule has 0 saturated carbocycles. The molecule has 2 aliphatic heterocycles. The van der Waals surface area contributed by atoms with Crippen LogP contribution in [0.2, 0.25) is 0 Å². The molecule has 186 valence electrons. The third kappa shape index (κ3) is 4.56. The van der Waals surface area contributed by atoms with Crippen LogP contribution in [0.15, 0.2) is 42.5 Å². The average Bonchev–Trinajstić information content (AvgIpc) is 2.84. The molecular weight excluding hydrogens is 444 g/mol. The molecule has 2 heterocycles. The van der Waals surface area contributed by atoms with Crippen LogP contribution in [0.25, 0.3) is 11.1 Å². The summed E-state index contributed by atoms with van der Waals surface area (Å²) >= 11 is 0.